The molecule has 1 aliphatic rings. The van der Waals surface area contributed by atoms with Gasteiger partial charge in [0.05, 0.1) is 41.8 Å². The smallest absolute Gasteiger partial charge is 0.277 e. The lowest BCUT2D eigenvalue weighted by Crippen LogP contribution is -2.42. The lowest BCUT2D eigenvalue weighted by atomic mass is 9.49. The summed E-state index contributed by atoms with van der Waals surface area (Å²) in [6.45, 7) is -0.469. The van der Waals surface area contributed by atoms with Gasteiger partial charge in [-0.15, -0.1) is 0 Å². The summed E-state index contributed by atoms with van der Waals surface area (Å²) in [6.07, 6.45) is 1.58. The van der Waals surface area contributed by atoms with Gasteiger partial charge in [-0.2, -0.15) is 5.10 Å². The number of nitrogens with one attached hydrogen (secondary N) is 1. The number of nitrogens with two attached hydrogens (primary N) is 1. The Hall–Kier alpha value is -2.96. The molecule has 4 rings (SSSR count). The van der Waals surface area contributed by atoms with Gasteiger partial charge in [-0.05, 0) is 30.2 Å². The van der Waals surface area contributed by atoms with Crippen molar-refractivity contribution in [2.75, 3.05) is 29.0 Å². The van der Waals surface area contributed by atoms with Crippen LogP contribution in [0, 0.1) is 11.6 Å². The Morgan fingerprint density at radius 1 is 1.20 bits per heavy atom. The SMILES string of the molecule is [B]C([B])([B])n1ncc(NC(=O)c2nc(-c3c(F)cccc3F)sc2N)c1N1CCCCC(F)(F)C1. The third kappa shape index (κ3) is 5.19. The minimum Gasteiger partial charge on any atom is -0.389 e. The number of amides is 1. The molecule has 3 N–H and O–H groups in total. The van der Waals surface area contributed by atoms with Crippen LogP contribution >= 0.6 is 11.3 Å². The predicted molar refractivity (Wildman–Crippen MR) is 128 cm³/mol. The lowest BCUT2D eigenvalue weighted by molar-refractivity contribution is 0.00327. The van der Waals surface area contributed by atoms with Crippen LogP contribution in [0.5, 0.6) is 0 Å². The van der Waals surface area contributed by atoms with Gasteiger partial charge in [-0.25, -0.2) is 22.5 Å². The van der Waals surface area contributed by atoms with E-state index in [4.69, 9.17) is 29.3 Å². The van der Waals surface area contributed by atoms with Gasteiger partial charge in [0.2, 0.25) is 0 Å². The van der Waals surface area contributed by atoms with Gasteiger partial charge in [-0.1, -0.05) is 17.4 Å². The molecule has 7 nitrogen and oxygen atoms in total. The van der Waals surface area contributed by atoms with Gasteiger partial charge in [0.25, 0.3) is 11.8 Å². The van der Waals surface area contributed by atoms with Crippen LogP contribution < -0.4 is 16.0 Å². The summed E-state index contributed by atoms with van der Waals surface area (Å²) < 4.78 is 57.9. The number of aromatic nitrogens is 3. The lowest BCUT2D eigenvalue weighted by Gasteiger charge is -2.32. The first-order chi connectivity index (χ1) is 16.4. The average Bonchev–Trinajstić information content (AvgIpc) is 3.28. The van der Waals surface area contributed by atoms with Crippen LogP contribution in [-0.4, -0.2) is 63.2 Å². The number of carbonyl (C=O) groups excluding carboxylic acids is 1. The molecule has 1 aromatic carbocycles. The molecule has 0 saturated carbocycles. The van der Waals surface area contributed by atoms with E-state index >= 15 is 0 Å². The van der Waals surface area contributed by atoms with Crippen molar-refractivity contribution in [2.45, 2.75) is 30.4 Å². The fourth-order valence-corrected chi connectivity index (χ4v) is 4.68. The Bertz CT molecular complexity index is 1240. The Labute approximate surface area is 206 Å². The van der Waals surface area contributed by atoms with Crippen molar-refractivity contribution in [1.29, 1.82) is 0 Å². The molecule has 1 fully saturated rings. The second-order valence-corrected chi connectivity index (χ2v) is 9.23. The highest BCUT2D eigenvalue weighted by atomic mass is 32.1. The number of carbonyl (C=O) groups is 1. The molecule has 0 bridgehead atoms. The topological polar surface area (TPSA) is 89.1 Å². The molecule has 176 valence electrons. The van der Waals surface area contributed by atoms with E-state index in [1.165, 1.54) is 11.0 Å². The largest absolute Gasteiger partial charge is 0.389 e. The number of hydrogen-bond acceptors (Lipinski definition) is 6. The molecule has 2 aromatic heterocycles. The third-order valence-electron chi connectivity index (χ3n) is 5.35. The third-order valence-corrected chi connectivity index (χ3v) is 6.25. The Morgan fingerprint density at radius 3 is 2.54 bits per heavy atom. The highest BCUT2D eigenvalue weighted by Gasteiger charge is 2.37. The molecular weight excluding hydrogens is 481 g/mol. The van der Waals surface area contributed by atoms with Crippen LogP contribution in [0.2, 0.25) is 0 Å². The van der Waals surface area contributed by atoms with Gasteiger partial charge in [0.15, 0.2) is 5.69 Å². The van der Waals surface area contributed by atoms with Gasteiger partial charge < -0.3 is 16.0 Å². The summed E-state index contributed by atoms with van der Waals surface area (Å²) in [5.74, 6) is -5.64. The van der Waals surface area contributed by atoms with Crippen molar-refractivity contribution in [3.05, 3.63) is 41.7 Å². The number of nitrogen functional groups attached to an aromatic ring is 1. The molecule has 1 saturated heterocycles. The van der Waals surface area contributed by atoms with Crippen LogP contribution in [0.1, 0.15) is 29.8 Å². The first kappa shape index (κ1) is 25.1. The van der Waals surface area contributed by atoms with E-state index in [0.29, 0.717) is 24.2 Å². The molecule has 35 heavy (non-hydrogen) atoms. The van der Waals surface area contributed by atoms with E-state index in [2.05, 4.69) is 15.4 Å². The minimum absolute atomic E-state index is 0.0237. The van der Waals surface area contributed by atoms with Gasteiger partial charge >= 0.3 is 0 Å². The number of hydrogen-bond donors (Lipinski definition) is 2. The average molecular weight is 498 g/mol. The monoisotopic (exact) mass is 498 g/mol. The second-order valence-electron chi connectivity index (χ2n) is 8.20. The molecule has 3 aromatic rings. The van der Waals surface area contributed by atoms with E-state index in [9.17, 15) is 22.4 Å². The Morgan fingerprint density at radius 2 is 1.89 bits per heavy atom. The molecule has 1 amide bonds. The van der Waals surface area contributed by atoms with E-state index in [1.54, 1.807) is 0 Å². The molecule has 6 radical (unpaired) electrons. The fourth-order valence-electron chi connectivity index (χ4n) is 3.81. The summed E-state index contributed by atoms with van der Waals surface area (Å²) in [4.78, 5) is 18.3. The van der Waals surface area contributed by atoms with E-state index < -0.39 is 40.8 Å². The zero-order valence-electron chi connectivity index (χ0n) is 18.3. The normalized spacial score (nSPS) is 16.2. The molecule has 0 atom stereocenters. The van der Waals surface area contributed by atoms with E-state index in [-0.39, 0.29) is 40.2 Å². The number of anilines is 3. The molecular formula is C20H17B3F4N6OS. The first-order valence-electron chi connectivity index (χ1n) is 10.5. The highest BCUT2D eigenvalue weighted by Crippen LogP contribution is 2.36. The zero-order chi connectivity index (χ0) is 25.5. The summed E-state index contributed by atoms with van der Waals surface area (Å²) in [6, 6.07) is 3.29. The van der Waals surface area contributed by atoms with Gasteiger partial charge in [-0.3, -0.25) is 9.48 Å². The standard InChI is InChI=1S/C20H17B3F4N6OS/c21-20(22,23)33-18(32-7-2-1-6-19(26,27)9-32)12(8-29-33)30-16(34)14-15(28)35-17(31-14)13-10(24)4-3-5-11(13)25/h3-5,8H,1-2,6-7,9,28H2,(H,30,34). The van der Waals surface area contributed by atoms with E-state index in [0.717, 1.165) is 23.0 Å². The molecule has 0 aliphatic carbocycles. The Balaban J connectivity index is 1.69. The predicted octanol–water partition coefficient (Wildman–Crippen LogP) is 2.82. The van der Waals surface area contributed by atoms with Crippen molar-refractivity contribution in [2.24, 2.45) is 0 Å². The number of thiazole rings is 1. The fraction of sp³-hybridized carbons (Fsp3) is 0.350. The molecule has 1 aliphatic heterocycles. The van der Waals surface area contributed by atoms with Crippen LogP contribution in [0.15, 0.2) is 24.4 Å². The maximum absolute atomic E-state index is 14.3. The van der Waals surface area contributed by atoms with Crippen molar-refractivity contribution >= 4 is 57.3 Å². The number of nitrogens with zero attached hydrogens (tertiary/aromatic N) is 4. The van der Waals surface area contributed by atoms with Crippen molar-refractivity contribution in [3.63, 3.8) is 0 Å². The number of halogens is 4. The number of rotatable bonds is 5. The van der Waals surface area contributed by atoms with Crippen molar-refractivity contribution in [3.8, 4) is 10.6 Å². The molecule has 3 heterocycles. The zero-order valence-corrected chi connectivity index (χ0v) is 19.1. The van der Waals surface area contributed by atoms with E-state index in [1.807, 2.05) is 0 Å². The second kappa shape index (κ2) is 9.25. The van der Waals surface area contributed by atoms with Gasteiger partial charge in [0.1, 0.15) is 33.1 Å². The minimum atomic E-state index is -3.01. The molecule has 15 heteroatoms. The van der Waals surface area contributed by atoms with Crippen LogP contribution in [0.4, 0.5) is 34.1 Å². The summed E-state index contributed by atoms with van der Waals surface area (Å²) in [5, 5.41) is 4.17. The molecule has 0 unspecified atom stereocenters. The Kier molecular flexibility index (Phi) is 6.65. The maximum Gasteiger partial charge on any atom is 0.277 e. The van der Waals surface area contributed by atoms with Crippen LogP contribution in [0.3, 0.4) is 0 Å². The summed E-state index contributed by atoms with van der Waals surface area (Å²) >= 11 is 0.714. The molecule has 0 spiro atoms. The van der Waals surface area contributed by atoms with Crippen LogP contribution in [-0.2, 0) is 5.24 Å². The number of benzene rings is 1. The summed E-state index contributed by atoms with van der Waals surface area (Å²) in [7, 11) is 17.3. The maximum atomic E-state index is 14.3. The van der Waals surface area contributed by atoms with Crippen molar-refractivity contribution < 1.29 is 22.4 Å². The quantitative estimate of drug-likeness (QED) is 0.418. The van der Waals surface area contributed by atoms with Crippen LogP contribution in [0.25, 0.3) is 10.6 Å². The van der Waals surface area contributed by atoms with Crippen molar-refractivity contribution in [1.82, 2.24) is 14.8 Å². The first-order valence-corrected chi connectivity index (χ1v) is 11.3. The van der Waals surface area contributed by atoms with Gasteiger partial charge in [0, 0.05) is 13.0 Å². The summed E-state index contributed by atoms with van der Waals surface area (Å²) in [5.41, 5.74) is 5.14. The highest BCUT2D eigenvalue weighted by molar-refractivity contribution is 7.19. The number of alkyl halides is 2.